The van der Waals surface area contributed by atoms with Crippen LogP contribution in [-0.4, -0.2) is 17.1 Å². The van der Waals surface area contributed by atoms with Crippen molar-refractivity contribution in [2.75, 3.05) is 7.11 Å². The number of halogens is 2. The molecule has 0 amide bonds. The van der Waals surface area contributed by atoms with Crippen molar-refractivity contribution in [1.82, 2.24) is 9.97 Å². The molecule has 4 rings (SSSR count). The van der Waals surface area contributed by atoms with Gasteiger partial charge in [0.25, 0.3) is 0 Å². The molecule has 5 nitrogen and oxygen atoms in total. The van der Waals surface area contributed by atoms with Gasteiger partial charge in [0.1, 0.15) is 5.75 Å². The fourth-order valence-electron chi connectivity index (χ4n) is 2.61. The van der Waals surface area contributed by atoms with Gasteiger partial charge >= 0.3 is 0 Å². The Morgan fingerprint density at radius 1 is 0.750 bits per heavy atom. The minimum atomic E-state index is 0.264. The van der Waals surface area contributed by atoms with Crippen LogP contribution in [0.5, 0.6) is 5.75 Å². The fraction of sp³-hybridized carbons (Fsp3) is 0.0476. The van der Waals surface area contributed by atoms with Crippen molar-refractivity contribution in [3.05, 3.63) is 76.7 Å². The number of rotatable bonds is 5. The van der Waals surface area contributed by atoms with Crippen LogP contribution in [0.2, 0.25) is 10.3 Å². The maximum absolute atomic E-state index is 6.21. The lowest BCUT2D eigenvalue weighted by molar-refractivity contribution is 0.415. The number of aromatic nitrogens is 2. The second kappa shape index (κ2) is 7.92. The lowest BCUT2D eigenvalue weighted by atomic mass is 10.2. The van der Waals surface area contributed by atoms with Gasteiger partial charge in [-0.3, -0.25) is 0 Å². The Hall–Kier alpha value is -3.02. The van der Waals surface area contributed by atoms with Gasteiger partial charge in [0.15, 0.2) is 21.8 Å². The first kappa shape index (κ1) is 18.3. The molecule has 28 heavy (non-hydrogen) atoms. The summed E-state index contributed by atoms with van der Waals surface area (Å²) in [6.45, 7) is 0. The predicted octanol–water partition coefficient (Wildman–Crippen LogP) is 6.48. The maximum Gasteiger partial charge on any atom is 0.221 e. The normalized spacial score (nSPS) is 11.2. The Balaban J connectivity index is 1.57. The Labute approximate surface area is 171 Å². The van der Waals surface area contributed by atoms with Crippen molar-refractivity contribution >= 4 is 35.4 Å². The first-order chi connectivity index (χ1) is 13.6. The molecule has 0 spiro atoms. The molecule has 7 heteroatoms. The smallest absolute Gasteiger partial charge is 0.221 e. The third kappa shape index (κ3) is 3.81. The zero-order chi connectivity index (χ0) is 19.5. The summed E-state index contributed by atoms with van der Waals surface area (Å²) in [6.07, 6.45) is 3.24. The summed E-state index contributed by atoms with van der Waals surface area (Å²) in [6, 6.07) is 16.9. The van der Waals surface area contributed by atoms with Crippen molar-refractivity contribution in [3.8, 4) is 28.4 Å². The monoisotopic (exact) mass is 412 g/mol. The van der Waals surface area contributed by atoms with E-state index < -0.39 is 0 Å². The summed E-state index contributed by atoms with van der Waals surface area (Å²) < 4.78 is 16.6. The Kier molecular flexibility index (Phi) is 5.19. The van der Waals surface area contributed by atoms with E-state index in [-0.39, 0.29) is 10.3 Å². The zero-order valence-corrected chi connectivity index (χ0v) is 16.2. The highest BCUT2D eigenvalue weighted by atomic mass is 35.5. The molecule has 0 saturated carbocycles. The number of ether oxygens (including phenoxy) is 1. The van der Waals surface area contributed by atoms with Crippen molar-refractivity contribution in [2.24, 2.45) is 0 Å². The standard InChI is InChI=1S/C21H14Cl2N2O3/c1-26-15-9-7-14(8-10-15)19-21(23)25-17(28-19)12-11-16-24-20(22)18(27-16)13-5-3-2-4-6-13/h2-12H,1H3. The van der Waals surface area contributed by atoms with E-state index >= 15 is 0 Å². The van der Waals surface area contributed by atoms with E-state index in [0.717, 1.165) is 16.9 Å². The van der Waals surface area contributed by atoms with Crippen LogP contribution in [0.25, 0.3) is 34.8 Å². The predicted molar refractivity (Wildman–Crippen MR) is 109 cm³/mol. The van der Waals surface area contributed by atoms with E-state index in [0.29, 0.717) is 23.3 Å². The molecule has 0 N–H and O–H groups in total. The molecule has 0 radical (unpaired) electrons. The van der Waals surface area contributed by atoms with E-state index in [1.54, 1.807) is 19.3 Å². The number of hydrogen-bond acceptors (Lipinski definition) is 5. The SMILES string of the molecule is COc1ccc(-c2oc(C=Cc3nc(Cl)c(-c4ccccc4)o3)nc2Cl)cc1. The molecule has 0 bridgehead atoms. The van der Waals surface area contributed by atoms with E-state index in [1.807, 2.05) is 54.6 Å². The molecule has 0 fully saturated rings. The molecule has 0 aliphatic carbocycles. The Morgan fingerprint density at radius 2 is 1.25 bits per heavy atom. The summed E-state index contributed by atoms with van der Waals surface area (Å²) in [4.78, 5) is 8.41. The van der Waals surface area contributed by atoms with Gasteiger partial charge in [-0.05, 0) is 24.3 Å². The molecule has 0 aliphatic rings. The molecule has 0 atom stereocenters. The lowest BCUT2D eigenvalue weighted by Crippen LogP contribution is -1.82. The maximum atomic E-state index is 6.21. The van der Waals surface area contributed by atoms with E-state index in [1.165, 1.54) is 0 Å². The number of benzene rings is 2. The van der Waals surface area contributed by atoms with Gasteiger partial charge in [0.2, 0.25) is 11.8 Å². The number of hydrogen-bond donors (Lipinski definition) is 0. The number of methoxy groups -OCH3 is 1. The molecule has 0 saturated heterocycles. The minimum Gasteiger partial charge on any atom is -0.497 e. The lowest BCUT2D eigenvalue weighted by Gasteiger charge is -2.00. The van der Waals surface area contributed by atoms with Crippen molar-refractivity contribution in [3.63, 3.8) is 0 Å². The molecule has 2 aromatic heterocycles. The second-order valence-electron chi connectivity index (χ2n) is 5.77. The van der Waals surface area contributed by atoms with Crippen LogP contribution in [0.1, 0.15) is 11.8 Å². The number of oxazole rings is 2. The van der Waals surface area contributed by atoms with E-state index in [2.05, 4.69) is 9.97 Å². The zero-order valence-electron chi connectivity index (χ0n) is 14.7. The van der Waals surface area contributed by atoms with Gasteiger partial charge in [-0.1, -0.05) is 53.5 Å². The van der Waals surface area contributed by atoms with Gasteiger partial charge in [-0.25, -0.2) is 0 Å². The van der Waals surface area contributed by atoms with Gasteiger partial charge in [0, 0.05) is 23.3 Å². The van der Waals surface area contributed by atoms with Crippen LogP contribution in [0.15, 0.2) is 63.4 Å². The molecule has 0 unspecified atom stereocenters. The topological polar surface area (TPSA) is 61.3 Å². The summed E-state index contributed by atoms with van der Waals surface area (Å²) in [5.74, 6) is 2.38. The van der Waals surface area contributed by atoms with Crippen LogP contribution in [0.4, 0.5) is 0 Å². The van der Waals surface area contributed by atoms with Crippen molar-refractivity contribution in [1.29, 1.82) is 0 Å². The summed E-state index contributed by atoms with van der Waals surface area (Å²) in [5.41, 5.74) is 1.64. The highest BCUT2D eigenvalue weighted by molar-refractivity contribution is 6.32. The Morgan fingerprint density at radius 3 is 1.75 bits per heavy atom. The van der Waals surface area contributed by atoms with Crippen LogP contribution in [-0.2, 0) is 0 Å². The quantitative estimate of drug-likeness (QED) is 0.375. The highest BCUT2D eigenvalue weighted by Gasteiger charge is 2.14. The fourth-order valence-corrected chi connectivity index (χ4v) is 3.07. The van der Waals surface area contributed by atoms with Gasteiger partial charge < -0.3 is 13.6 Å². The molecular formula is C21H14Cl2N2O3. The van der Waals surface area contributed by atoms with Gasteiger partial charge in [-0.15, -0.1) is 0 Å². The summed E-state index contributed by atoms with van der Waals surface area (Å²) in [7, 11) is 1.61. The molecule has 0 aliphatic heterocycles. The van der Waals surface area contributed by atoms with Crippen LogP contribution in [0.3, 0.4) is 0 Å². The highest BCUT2D eigenvalue weighted by Crippen LogP contribution is 2.31. The van der Waals surface area contributed by atoms with Gasteiger partial charge in [0.05, 0.1) is 7.11 Å². The first-order valence-corrected chi connectivity index (χ1v) is 9.10. The summed E-state index contributed by atoms with van der Waals surface area (Å²) >= 11 is 12.4. The molecule has 2 aromatic carbocycles. The van der Waals surface area contributed by atoms with E-state index in [4.69, 9.17) is 36.8 Å². The molecular weight excluding hydrogens is 399 g/mol. The van der Waals surface area contributed by atoms with Crippen LogP contribution >= 0.6 is 23.2 Å². The summed E-state index contributed by atoms with van der Waals surface area (Å²) in [5, 5.41) is 0.551. The third-order valence-corrected chi connectivity index (χ3v) is 4.47. The second-order valence-corrected chi connectivity index (χ2v) is 6.49. The van der Waals surface area contributed by atoms with Crippen molar-refractivity contribution in [2.45, 2.75) is 0 Å². The Bertz CT molecular complexity index is 1120. The average molecular weight is 413 g/mol. The van der Waals surface area contributed by atoms with Crippen molar-refractivity contribution < 1.29 is 13.6 Å². The number of nitrogens with zero attached hydrogens (tertiary/aromatic N) is 2. The largest absolute Gasteiger partial charge is 0.497 e. The average Bonchev–Trinajstić information content (AvgIpc) is 3.29. The minimum absolute atomic E-state index is 0.264. The van der Waals surface area contributed by atoms with Gasteiger partial charge in [-0.2, -0.15) is 9.97 Å². The molecule has 4 aromatic rings. The third-order valence-electron chi connectivity index (χ3n) is 3.96. The van der Waals surface area contributed by atoms with E-state index in [9.17, 15) is 0 Å². The van der Waals surface area contributed by atoms with Crippen LogP contribution in [0, 0.1) is 0 Å². The van der Waals surface area contributed by atoms with Crippen LogP contribution < -0.4 is 4.74 Å². The molecule has 140 valence electrons. The first-order valence-electron chi connectivity index (χ1n) is 8.34. The molecule has 2 heterocycles.